The SMILES string of the molecule is COc1cc(O)ccc1C1CC(=O)N=C2C1C(=O)N=C(SCc1ccccc1C)N2C. The second-order valence-corrected chi connectivity index (χ2v) is 8.53. The van der Waals surface area contributed by atoms with Crippen LogP contribution in [0, 0.1) is 12.8 Å². The molecule has 1 N–H and O–H groups in total. The van der Waals surface area contributed by atoms with Gasteiger partial charge in [-0.2, -0.15) is 9.98 Å². The first kappa shape index (κ1) is 21.1. The Morgan fingerprint density at radius 1 is 1.19 bits per heavy atom. The van der Waals surface area contributed by atoms with Gasteiger partial charge in [-0.1, -0.05) is 42.1 Å². The molecule has 0 radical (unpaired) electrons. The van der Waals surface area contributed by atoms with Gasteiger partial charge in [0.2, 0.25) is 5.91 Å². The number of hydrogen-bond acceptors (Lipinski definition) is 6. The highest BCUT2D eigenvalue weighted by molar-refractivity contribution is 8.13. The van der Waals surface area contributed by atoms with Crippen LogP contribution >= 0.6 is 11.8 Å². The fraction of sp³-hybridized carbons (Fsp3) is 0.304. The number of aliphatic imine (C=N–C) groups is 2. The van der Waals surface area contributed by atoms with Gasteiger partial charge in [-0.3, -0.25) is 9.59 Å². The van der Waals surface area contributed by atoms with E-state index in [0.29, 0.717) is 28.1 Å². The predicted molar refractivity (Wildman–Crippen MR) is 121 cm³/mol. The predicted octanol–water partition coefficient (Wildman–Crippen LogP) is 3.50. The van der Waals surface area contributed by atoms with Crippen molar-refractivity contribution >= 4 is 34.6 Å². The minimum Gasteiger partial charge on any atom is -0.508 e. The van der Waals surface area contributed by atoms with Crippen LogP contribution in [-0.4, -0.2) is 47.0 Å². The summed E-state index contributed by atoms with van der Waals surface area (Å²) in [6, 6.07) is 12.8. The number of ether oxygens (including phenoxy) is 1. The number of benzene rings is 2. The van der Waals surface area contributed by atoms with Crippen LogP contribution in [0.4, 0.5) is 0 Å². The van der Waals surface area contributed by atoms with Crippen molar-refractivity contribution in [2.75, 3.05) is 14.2 Å². The Bertz CT molecular complexity index is 1110. The van der Waals surface area contributed by atoms with Crippen LogP contribution < -0.4 is 4.74 Å². The van der Waals surface area contributed by atoms with Crippen molar-refractivity contribution in [2.24, 2.45) is 15.9 Å². The van der Waals surface area contributed by atoms with Crippen molar-refractivity contribution in [1.29, 1.82) is 0 Å². The van der Waals surface area contributed by atoms with E-state index < -0.39 is 11.8 Å². The molecule has 2 amide bonds. The van der Waals surface area contributed by atoms with E-state index in [9.17, 15) is 14.7 Å². The molecule has 31 heavy (non-hydrogen) atoms. The molecule has 2 aromatic rings. The summed E-state index contributed by atoms with van der Waals surface area (Å²) in [6.45, 7) is 2.04. The van der Waals surface area contributed by atoms with Crippen LogP contribution in [0.2, 0.25) is 0 Å². The third-order valence-electron chi connectivity index (χ3n) is 5.65. The number of aryl methyl sites for hydroxylation is 1. The molecule has 2 unspecified atom stereocenters. The molecule has 0 bridgehead atoms. The number of hydrogen-bond donors (Lipinski definition) is 1. The van der Waals surface area contributed by atoms with Crippen LogP contribution in [0.1, 0.15) is 29.0 Å². The molecule has 0 saturated carbocycles. The lowest BCUT2D eigenvalue weighted by atomic mass is 9.79. The summed E-state index contributed by atoms with van der Waals surface area (Å²) in [5.74, 6) is -0.211. The molecule has 2 atom stereocenters. The topological polar surface area (TPSA) is 91.6 Å². The number of fused-ring (bicyclic) bond motifs is 1. The lowest BCUT2D eigenvalue weighted by Crippen LogP contribution is -2.49. The zero-order valence-corrected chi connectivity index (χ0v) is 18.3. The van der Waals surface area contributed by atoms with E-state index in [2.05, 4.69) is 9.98 Å². The summed E-state index contributed by atoms with van der Waals surface area (Å²) in [5, 5.41) is 10.3. The van der Waals surface area contributed by atoms with Gasteiger partial charge in [0.05, 0.1) is 7.11 Å². The van der Waals surface area contributed by atoms with Gasteiger partial charge >= 0.3 is 0 Å². The van der Waals surface area contributed by atoms with Crippen LogP contribution in [0.15, 0.2) is 52.4 Å². The Hall–Kier alpha value is -3.13. The highest BCUT2D eigenvalue weighted by Crippen LogP contribution is 2.42. The van der Waals surface area contributed by atoms with Crippen molar-refractivity contribution in [3.8, 4) is 11.5 Å². The van der Waals surface area contributed by atoms with Crippen molar-refractivity contribution in [1.82, 2.24) is 4.90 Å². The number of thioether (sulfide) groups is 1. The van der Waals surface area contributed by atoms with Crippen molar-refractivity contribution in [3.05, 3.63) is 59.2 Å². The molecule has 2 heterocycles. The van der Waals surface area contributed by atoms with E-state index in [1.54, 1.807) is 18.0 Å². The van der Waals surface area contributed by atoms with Crippen LogP contribution in [0.5, 0.6) is 11.5 Å². The molecule has 2 aliphatic rings. The average molecular weight is 438 g/mol. The lowest BCUT2D eigenvalue weighted by molar-refractivity contribution is -0.122. The molecule has 0 aromatic heterocycles. The van der Waals surface area contributed by atoms with E-state index in [-0.39, 0.29) is 24.0 Å². The Balaban J connectivity index is 1.66. The molecule has 2 aliphatic heterocycles. The molecular formula is C23H23N3O4S. The van der Waals surface area contributed by atoms with Crippen molar-refractivity contribution in [2.45, 2.75) is 25.0 Å². The molecule has 160 valence electrons. The Morgan fingerprint density at radius 3 is 2.71 bits per heavy atom. The van der Waals surface area contributed by atoms with Gasteiger partial charge in [-0.15, -0.1) is 0 Å². The van der Waals surface area contributed by atoms with Crippen molar-refractivity contribution < 1.29 is 19.4 Å². The largest absolute Gasteiger partial charge is 0.508 e. The second kappa shape index (κ2) is 8.55. The first-order valence-electron chi connectivity index (χ1n) is 9.91. The van der Waals surface area contributed by atoms with E-state index in [0.717, 1.165) is 5.56 Å². The number of nitrogens with zero attached hydrogens (tertiary/aromatic N) is 3. The lowest BCUT2D eigenvalue weighted by Gasteiger charge is -2.37. The summed E-state index contributed by atoms with van der Waals surface area (Å²) in [5.41, 5.74) is 3.01. The first-order valence-corrected chi connectivity index (χ1v) is 10.9. The normalized spacial score (nSPS) is 20.8. The second-order valence-electron chi connectivity index (χ2n) is 7.59. The summed E-state index contributed by atoms with van der Waals surface area (Å²) >= 11 is 1.45. The standard InChI is InChI=1S/C23H23N3O4S/c1-13-6-4-5-7-14(13)12-31-23-25-22(29)20-17(11-19(28)24-21(20)26(23)2)16-9-8-15(27)10-18(16)30-3/h4-10,17,20,27H,11-12H2,1-3H3. The van der Waals surface area contributed by atoms with Gasteiger partial charge in [-0.05, 0) is 29.7 Å². The maximum atomic E-state index is 13.1. The van der Waals surface area contributed by atoms with Crippen molar-refractivity contribution in [3.63, 3.8) is 0 Å². The van der Waals surface area contributed by atoms with Gasteiger partial charge < -0.3 is 14.7 Å². The number of rotatable bonds is 4. The fourth-order valence-corrected chi connectivity index (χ4v) is 5.02. The zero-order valence-electron chi connectivity index (χ0n) is 17.5. The molecule has 8 heteroatoms. The van der Waals surface area contributed by atoms with E-state index in [1.165, 1.54) is 36.6 Å². The summed E-state index contributed by atoms with van der Waals surface area (Å²) in [4.78, 5) is 35.9. The number of amidine groups is 2. The number of phenolic OH excluding ortho intramolecular Hbond substituents is 1. The van der Waals surface area contributed by atoms with E-state index in [4.69, 9.17) is 4.74 Å². The van der Waals surface area contributed by atoms with E-state index >= 15 is 0 Å². The summed E-state index contributed by atoms with van der Waals surface area (Å²) in [7, 11) is 3.27. The summed E-state index contributed by atoms with van der Waals surface area (Å²) < 4.78 is 5.40. The minimum absolute atomic E-state index is 0.0524. The Kier molecular flexibility index (Phi) is 5.82. The van der Waals surface area contributed by atoms with Gasteiger partial charge in [0, 0.05) is 31.2 Å². The molecule has 0 aliphatic carbocycles. The van der Waals surface area contributed by atoms with Gasteiger partial charge in [0.25, 0.3) is 5.91 Å². The third-order valence-corrected chi connectivity index (χ3v) is 6.73. The minimum atomic E-state index is -0.677. The fourth-order valence-electron chi connectivity index (χ4n) is 3.97. The third kappa shape index (κ3) is 4.07. The van der Waals surface area contributed by atoms with Crippen LogP contribution in [-0.2, 0) is 15.3 Å². The highest BCUT2D eigenvalue weighted by Gasteiger charge is 2.45. The Labute approximate surface area is 184 Å². The Morgan fingerprint density at radius 2 is 1.97 bits per heavy atom. The zero-order chi connectivity index (χ0) is 22.1. The maximum Gasteiger partial charge on any atom is 0.259 e. The molecular weight excluding hydrogens is 414 g/mol. The first-order chi connectivity index (χ1) is 14.9. The average Bonchev–Trinajstić information content (AvgIpc) is 2.75. The number of methoxy groups -OCH3 is 1. The molecule has 4 rings (SSSR count). The quantitative estimate of drug-likeness (QED) is 0.787. The number of aromatic hydroxyl groups is 1. The number of phenols is 1. The smallest absolute Gasteiger partial charge is 0.259 e. The van der Waals surface area contributed by atoms with Gasteiger partial charge in [0.1, 0.15) is 23.3 Å². The molecule has 2 aromatic carbocycles. The maximum absolute atomic E-state index is 13.1. The van der Waals surface area contributed by atoms with Gasteiger partial charge in [0.15, 0.2) is 5.17 Å². The van der Waals surface area contributed by atoms with Gasteiger partial charge in [-0.25, -0.2) is 0 Å². The molecule has 0 spiro atoms. The monoisotopic (exact) mass is 437 g/mol. The molecule has 0 saturated heterocycles. The number of amides is 2. The van der Waals surface area contributed by atoms with E-state index in [1.807, 2.05) is 31.2 Å². The summed E-state index contributed by atoms with van der Waals surface area (Å²) in [6.07, 6.45) is 0.0795. The molecule has 0 fully saturated rings. The van der Waals surface area contributed by atoms with Crippen LogP contribution in [0.3, 0.4) is 0 Å². The number of carbonyl (C=O) groups is 2. The highest BCUT2D eigenvalue weighted by atomic mass is 32.2. The van der Waals surface area contributed by atoms with Crippen LogP contribution in [0.25, 0.3) is 0 Å². The molecule has 7 nitrogen and oxygen atoms in total. The number of carbonyl (C=O) groups excluding carboxylic acids is 2.